The van der Waals surface area contributed by atoms with Crippen LogP contribution in [0, 0.1) is 0 Å². The monoisotopic (exact) mass is 262 g/mol. The van der Waals surface area contributed by atoms with Crippen LogP contribution in [0.5, 0.6) is 5.75 Å². The third-order valence-electron chi connectivity index (χ3n) is 1.05. The fourth-order valence-corrected chi connectivity index (χ4v) is 0.824. The summed E-state index contributed by atoms with van der Waals surface area (Å²) in [7, 11) is -3.03. The average Bonchev–Trinajstić information content (AvgIpc) is 2.01. The molecule has 0 fully saturated rings. The molecular formula is C7H11NaO5S2. The zero-order valence-electron chi connectivity index (χ0n) is 7.28. The molecule has 1 aromatic carbocycles. The predicted molar refractivity (Wildman–Crippen MR) is 61.6 cm³/mol. The molecule has 0 aliphatic heterocycles. The molecule has 2 N–H and O–H groups in total. The van der Waals surface area contributed by atoms with E-state index < -0.39 is 10.4 Å². The molecule has 1 aromatic rings. The Morgan fingerprint density at radius 2 is 1.80 bits per heavy atom. The Hall–Kier alpha value is 0.240. The second-order valence-electron chi connectivity index (χ2n) is 2.15. The molecule has 0 aromatic heterocycles. The van der Waals surface area contributed by atoms with Crippen LogP contribution >= 0.6 is 12.6 Å². The van der Waals surface area contributed by atoms with Crippen molar-refractivity contribution in [1.82, 2.24) is 0 Å². The summed E-state index contributed by atoms with van der Waals surface area (Å²) in [6, 6.07) is 7.57. The first-order chi connectivity index (χ1) is 6.33. The zero-order valence-corrected chi connectivity index (χ0v) is 8.99. The van der Waals surface area contributed by atoms with Crippen LogP contribution in [0.3, 0.4) is 0 Å². The molecule has 0 amide bonds. The standard InChI is InChI=1S/C7H8OS.Na.H2O4S.H/c1-8-6-3-2-4-7(9)5-6;;1-5(2,3)4;/h2-5,9H,1H3;;(H2,1,2,3,4);. The molecule has 0 unspecified atom stereocenters. The fraction of sp³-hybridized carbons (Fsp3) is 0.143. The topological polar surface area (TPSA) is 83.8 Å². The third kappa shape index (κ3) is 14.2. The number of methoxy groups -OCH3 is 1. The molecule has 5 nitrogen and oxygen atoms in total. The van der Waals surface area contributed by atoms with Crippen LogP contribution in [0.25, 0.3) is 0 Å². The van der Waals surface area contributed by atoms with E-state index in [0.717, 1.165) is 10.6 Å². The minimum atomic E-state index is -4.67. The first-order valence-corrected chi connectivity index (χ1v) is 5.20. The Kier molecular flexibility index (Phi) is 9.87. The number of ether oxygens (including phenoxy) is 1. The molecule has 0 saturated heterocycles. The summed E-state index contributed by atoms with van der Waals surface area (Å²) in [5, 5.41) is 0. The van der Waals surface area contributed by atoms with Crippen molar-refractivity contribution in [2.75, 3.05) is 7.11 Å². The van der Waals surface area contributed by atoms with Crippen LogP contribution < -0.4 is 4.74 Å². The van der Waals surface area contributed by atoms with E-state index in [9.17, 15) is 0 Å². The van der Waals surface area contributed by atoms with Crippen molar-refractivity contribution >= 4 is 52.6 Å². The van der Waals surface area contributed by atoms with Crippen molar-refractivity contribution in [2.45, 2.75) is 4.90 Å². The van der Waals surface area contributed by atoms with Crippen molar-refractivity contribution in [3.8, 4) is 5.75 Å². The SMILES string of the molecule is COc1cccc(S)c1.O=S(=O)(O)O.[NaH]. The van der Waals surface area contributed by atoms with Gasteiger partial charge in [0.25, 0.3) is 0 Å². The summed E-state index contributed by atoms with van der Waals surface area (Å²) in [6.07, 6.45) is 0. The van der Waals surface area contributed by atoms with Crippen molar-refractivity contribution < 1.29 is 22.3 Å². The van der Waals surface area contributed by atoms with Gasteiger partial charge in [0.15, 0.2) is 0 Å². The number of rotatable bonds is 1. The van der Waals surface area contributed by atoms with Crippen LogP contribution in [-0.4, -0.2) is 54.2 Å². The molecule has 0 spiro atoms. The van der Waals surface area contributed by atoms with Gasteiger partial charge in [0.2, 0.25) is 0 Å². The number of hydrogen-bond donors (Lipinski definition) is 3. The normalized spacial score (nSPS) is 9.33. The molecule has 8 heteroatoms. The van der Waals surface area contributed by atoms with Gasteiger partial charge in [0.05, 0.1) is 7.11 Å². The van der Waals surface area contributed by atoms with E-state index in [2.05, 4.69) is 12.6 Å². The Morgan fingerprint density at radius 3 is 2.07 bits per heavy atom. The van der Waals surface area contributed by atoms with E-state index in [1.54, 1.807) is 7.11 Å². The second-order valence-corrected chi connectivity index (χ2v) is 3.56. The molecule has 0 bridgehead atoms. The first-order valence-electron chi connectivity index (χ1n) is 3.36. The van der Waals surface area contributed by atoms with Gasteiger partial charge in [-0.25, -0.2) is 0 Å². The van der Waals surface area contributed by atoms with Gasteiger partial charge in [0.1, 0.15) is 5.75 Å². The summed E-state index contributed by atoms with van der Waals surface area (Å²) in [5.41, 5.74) is 0. The van der Waals surface area contributed by atoms with Gasteiger partial charge in [0, 0.05) is 4.90 Å². The van der Waals surface area contributed by atoms with E-state index >= 15 is 0 Å². The summed E-state index contributed by atoms with van der Waals surface area (Å²) in [5.74, 6) is 0.850. The maximum absolute atomic E-state index is 8.74. The number of thiol groups is 1. The van der Waals surface area contributed by atoms with Gasteiger partial charge >= 0.3 is 40.0 Å². The molecule has 0 aliphatic carbocycles. The van der Waals surface area contributed by atoms with Gasteiger partial charge in [-0.2, -0.15) is 8.42 Å². The van der Waals surface area contributed by atoms with Gasteiger partial charge in [-0.1, -0.05) is 6.07 Å². The molecule has 0 radical (unpaired) electrons. The maximum atomic E-state index is 8.74. The first kappa shape index (κ1) is 17.6. The zero-order chi connectivity index (χ0) is 11.2. The van der Waals surface area contributed by atoms with Gasteiger partial charge in [-0.05, 0) is 18.2 Å². The third-order valence-corrected chi connectivity index (χ3v) is 1.33. The van der Waals surface area contributed by atoms with Crippen LogP contribution in [0.1, 0.15) is 0 Å². The molecule has 0 atom stereocenters. The van der Waals surface area contributed by atoms with Crippen molar-refractivity contribution in [2.24, 2.45) is 0 Å². The summed E-state index contributed by atoms with van der Waals surface area (Å²) in [6.45, 7) is 0. The van der Waals surface area contributed by atoms with Crippen LogP contribution in [0.2, 0.25) is 0 Å². The van der Waals surface area contributed by atoms with Crippen molar-refractivity contribution in [3.63, 3.8) is 0 Å². The van der Waals surface area contributed by atoms with E-state index in [1.165, 1.54) is 0 Å². The fourth-order valence-electron chi connectivity index (χ4n) is 0.610. The molecule has 0 aliphatic rings. The number of benzene rings is 1. The molecule has 0 saturated carbocycles. The summed E-state index contributed by atoms with van der Waals surface area (Å²) >= 11 is 4.13. The Labute approximate surface area is 116 Å². The predicted octanol–water partition coefficient (Wildman–Crippen LogP) is 0.683. The molecule has 0 heterocycles. The summed E-state index contributed by atoms with van der Waals surface area (Å²) in [4.78, 5) is 0.925. The molecule has 82 valence electrons. The quantitative estimate of drug-likeness (QED) is 0.394. The van der Waals surface area contributed by atoms with E-state index in [0.29, 0.717) is 0 Å². The van der Waals surface area contributed by atoms with Gasteiger partial charge < -0.3 is 4.74 Å². The minimum absolute atomic E-state index is 0. The Bertz CT molecular complexity index is 371. The Balaban J connectivity index is 0. The van der Waals surface area contributed by atoms with Crippen molar-refractivity contribution in [1.29, 1.82) is 0 Å². The Morgan fingerprint density at radius 1 is 1.33 bits per heavy atom. The van der Waals surface area contributed by atoms with E-state index in [-0.39, 0.29) is 29.6 Å². The molecule has 15 heavy (non-hydrogen) atoms. The van der Waals surface area contributed by atoms with E-state index in [4.69, 9.17) is 22.3 Å². The summed E-state index contributed by atoms with van der Waals surface area (Å²) < 4.78 is 36.5. The molecular weight excluding hydrogens is 251 g/mol. The van der Waals surface area contributed by atoms with Crippen LogP contribution in [0.15, 0.2) is 29.2 Å². The molecule has 1 rings (SSSR count). The van der Waals surface area contributed by atoms with Gasteiger partial charge in [-0.3, -0.25) is 9.11 Å². The van der Waals surface area contributed by atoms with Crippen LogP contribution in [-0.2, 0) is 10.4 Å². The number of hydrogen-bond acceptors (Lipinski definition) is 4. The second kappa shape index (κ2) is 8.40. The van der Waals surface area contributed by atoms with E-state index in [1.807, 2.05) is 24.3 Å². The van der Waals surface area contributed by atoms with Crippen LogP contribution in [0.4, 0.5) is 0 Å². The van der Waals surface area contributed by atoms with Crippen molar-refractivity contribution in [3.05, 3.63) is 24.3 Å². The van der Waals surface area contributed by atoms with Gasteiger partial charge in [-0.15, -0.1) is 12.6 Å². The average molecular weight is 262 g/mol.